The average molecular weight is 278 g/mol. The minimum absolute atomic E-state index is 1.19. The van der Waals surface area contributed by atoms with Crippen molar-refractivity contribution in [2.45, 2.75) is 52.4 Å². The van der Waals surface area contributed by atoms with E-state index in [1.165, 1.54) is 74.6 Å². The van der Waals surface area contributed by atoms with E-state index in [4.69, 9.17) is 0 Å². The molecule has 1 N–H and O–H groups in total. The largest absolute Gasteiger partial charge is 0.315 e. The molecular weight excluding hydrogens is 246 g/mol. The summed E-state index contributed by atoms with van der Waals surface area (Å²) >= 11 is 4.20. The zero-order chi connectivity index (χ0) is 12.6. The van der Waals surface area contributed by atoms with Crippen molar-refractivity contribution in [3.63, 3.8) is 0 Å². The molecule has 0 aliphatic carbocycles. The van der Waals surface area contributed by atoms with Crippen molar-refractivity contribution < 1.29 is 0 Å². The van der Waals surface area contributed by atoms with Crippen LogP contribution >= 0.6 is 23.5 Å². The van der Waals surface area contributed by atoms with Crippen LogP contribution in [-0.2, 0) is 0 Å². The molecule has 0 aliphatic heterocycles. The van der Waals surface area contributed by atoms with Crippen LogP contribution in [0, 0.1) is 0 Å². The fourth-order valence-corrected chi connectivity index (χ4v) is 3.33. The van der Waals surface area contributed by atoms with Gasteiger partial charge in [-0.05, 0) is 24.3 Å². The second-order valence-corrected chi connectivity index (χ2v) is 6.84. The number of thioether (sulfide) groups is 2. The number of nitrogens with one attached hydrogen (secondary N) is 1. The molecule has 0 spiro atoms. The Hall–Kier alpha value is 0.660. The lowest BCUT2D eigenvalue weighted by molar-refractivity contribution is 0.763. The van der Waals surface area contributed by atoms with Crippen molar-refractivity contribution >= 4 is 23.5 Å². The third-order valence-electron chi connectivity index (χ3n) is 2.63. The normalized spacial score (nSPS) is 10.9. The van der Waals surface area contributed by atoms with Gasteiger partial charge in [0.2, 0.25) is 0 Å². The summed E-state index contributed by atoms with van der Waals surface area (Å²) in [5.41, 5.74) is 0. The summed E-state index contributed by atoms with van der Waals surface area (Å²) < 4.78 is 0. The van der Waals surface area contributed by atoms with Gasteiger partial charge in [-0.3, -0.25) is 0 Å². The highest BCUT2D eigenvalue weighted by atomic mass is 32.2. The number of hydrogen-bond donors (Lipinski definition) is 1. The summed E-state index contributed by atoms with van der Waals surface area (Å²) in [6, 6.07) is 0. The second-order valence-electron chi connectivity index (χ2n) is 4.39. The second kappa shape index (κ2) is 16.7. The van der Waals surface area contributed by atoms with E-state index < -0.39 is 0 Å². The molecule has 0 rings (SSSR count). The summed E-state index contributed by atoms with van der Waals surface area (Å²) in [5, 5.41) is 3.53. The zero-order valence-electron chi connectivity index (χ0n) is 11.8. The third-order valence-corrected chi connectivity index (χ3v) is 4.77. The summed E-state index contributed by atoms with van der Waals surface area (Å²) in [6.45, 7) is 6.91. The van der Waals surface area contributed by atoms with Crippen LogP contribution in [0.2, 0.25) is 0 Å². The van der Waals surface area contributed by atoms with Crippen molar-refractivity contribution in [1.29, 1.82) is 0 Å². The Labute approximate surface area is 117 Å². The maximum Gasteiger partial charge on any atom is 0.00581 e. The van der Waals surface area contributed by atoms with Gasteiger partial charge in [0.05, 0.1) is 0 Å². The van der Waals surface area contributed by atoms with Crippen LogP contribution in [0.25, 0.3) is 0 Å². The van der Waals surface area contributed by atoms with E-state index in [-0.39, 0.29) is 0 Å². The number of unbranched alkanes of at least 4 members (excludes halogenated alkanes) is 4. The Kier molecular flexibility index (Phi) is 17.3. The molecule has 0 aromatic carbocycles. The van der Waals surface area contributed by atoms with Gasteiger partial charge in [-0.1, -0.05) is 39.5 Å². The lowest BCUT2D eigenvalue weighted by atomic mass is 10.3. The molecule has 0 saturated heterocycles. The molecule has 0 saturated carbocycles. The fraction of sp³-hybridized carbons (Fsp3) is 1.00. The maximum absolute atomic E-state index is 3.53. The first-order chi connectivity index (χ1) is 8.41. The quantitative estimate of drug-likeness (QED) is 0.472. The third kappa shape index (κ3) is 16.7. The van der Waals surface area contributed by atoms with Gasteiger partial charge in [0.25, 0.3) is 0 Å². The summed E-state index contributed by atoms with van der Waals surface area (Å²) in [5.74, 6) is 5.26. The molecule has 17 heavy (non-hydrogen) atoms. The summed E-state index contributed by atoms with van der Waals surface area (Å²) in [7, 11) is 0. The van der Waals surface area contributed by atoms with Crippen LogP contribution in [0.5, 0.6) is 0 Å². The predicted octanol–water partition coefficient (Wildman–Crippen LogP) is 4.42. The van der Waals surface area contributed by atoms with Crippen LogP contribution in [0.1, 0.15) is 52.4 Å². The molecule has 0 aromatic heterocycles. The highest BCUT2D eigenvalue weighted by molar-refractivity contribution is 7.99. The standard InChI is InChI=1S/C14H31NS2/c1-3-5-7-11-16-13-9-15-10-14-17-12-8-6-4-2/h15H,3-14H2,1-2H3. The first-order valence-electron chi connectivity index (χ1n) is 7.28. The molecule has 0 bridgehead atoms. The van der Waals surface area contributed by atoms with Gasteiger partial charge in [0.1, 0.15) is 0 Å². The van der Waals surface area contributed by atoms with Crippen LogP contribution in [0.3, 0.4) is 0 Å². The summed E-state index contributed by atoms with van der Waals surface area (Å²) in [6.07, 6.45) is 8.27. The molecule has 0 amide bonds. The molecule has 0 aliphatic rings. The van der Waals surface area contributed by atoms with Crippen molar-refractivity contribution in [2.75, 3.05) is 36.1 Å². The van der Waals surface area contributed by atoms with Crippen molar-refractivity contribution in [1.82, 2.24) is 5.32 Å². The molecule has 3 heteroatoms. The van der Waals surface area contributed by atoms with E-state index in [9.17, 15) is 0 Å². The fourth-order valence-electron chi connectivity index (χ4n) is 1.53. The van der Waals surface area contributed by atoms with E-state index in [2.05, 4.69) is 42.7 Å². The lowest BCUT2D eigenvalue weighted by Crippen LogP contribution is -2.20. The smallest absolute Gasteiger partial charge is 0.00581 e. The maximum atomic E-state index is 3.53. The van der Waals surface area contributed by atoms with E-state index in [1.807, 2.05) is 0 Å². The van der Waals surface area contributed by atoms with Crippen LogP contribution in [0.15, 0.2) is 0 Å². The van der Waals surface area contributed by atoms with Gasteiger partial charge in [0, 0.05) is 24.6 Å². The average Bonchev–Trinajstić information content (AvgIpc) is 2.35. The Morgan fingerprint density at radius 1 is 0.647 bits per heavy atom. The van der Waals surface area contributed by atoms with E-state index in [1.54, 1.807) is 0 Å². The van der Waals surface area contributed by atoms with Gasteiger partial charge in [-0.25, -0.2) is 0 Å². The Balaban J connectivity index is 2.85. The van der Waals surface area contributed by atoms with Crippen molar-refractivity contribution in [3.8, 4) is 0 Å². The van der Waals surface area contributed by atoms with Crippen LogP contribution in [0.4, 0.5) is 0 Å². The lowest BCUT2D eigenvalue weighted by Gasteiger charge is -2.04. The monoisotopic (exact) mass is 277 g/mol. The van der Waals surface area contributed by atoms with Crippen LogP contribution < -0.4 is 5.32 Å². The Morgan fingerprint density at radius 2 is 1.12 bits per heavy atom. The number of hydrogen-bond acceptors (Lipinski definition) is 3. The Bertz CT molecular complexity index is 117. The van der Waals surface area contributed by atoms with E-state index in [0.717, 1.165) is 0 Å². The topological polar surface area (TPSA) is 12.0 Å². The molecule has 0 fully saturated rings. The van der Waals surface area contributed by atoms with Gasteiger partial charge in [-0.15, -0.1) is 0 Å². The molecule has 0 aromatic rings. The first kappa shape index (κ1) is 17.7. The first-order valence-corrected chi connectivity index (χ1v) is 9.59. The van der Waals surface area contributed by atoms with E-state index in [0.29, 0.717) is 0 Å². The van der Waals surface area contributed by atoms with Gasteiger partial charge < -0.3 is 5.32 Å². The van der Waals surface area contributed by atoms with Crippen LogP contribution in [-0.4, -0.2) is 36.1 Å². The van der Waals surface area contributed by atoms with Crippen molar-refractivity contribution in [2.24, 2.45) is 0 Å². The minimum atomic E-state index is 1.19. The predicted molar refractivity (Wildman–Crippen MR) is 86.6 cm³/mol. The van der Waals surface area contributed by atoms with E-state index >= 15 is 0 Å². The molecule has 0 atom stereocenters. The highest BCUT2D eigenvalue weighted by Gasteiger charge is 1.92. The zero-order valence-corrected chi connectivity index (χ0v) is 13.4. The molecule has 0 heterocycles. The highest BCUT2D eigenvalue weighted by Crippen LogP contribution is 2.06. The molecule has 1 nitrogen and oxygen atoms in total. The molecule has 0 radical (unpaired) electrons. The molecular formula is C14H31NS2. The minimum Gasteiger partial charge on any atom is -0.315 e. The molecule has 104 valence electrons. The van der Waals surface area contributed by atoms with Gasteiger partial charge in [0.15, 0.2) is 0 Å². The van der Waals surface area contributed by atoms with Gasteiger partial charge in [-0.2, -0.15) is 23.5 Å². The SMILES string of the molecule is CCCCCSCCNCCSCCCCC. The van der Waals surface area contributed by atoms with Crippen molar-refractivity contribution in [3.05, 3.63) is 0 Å². The summed E-state index contributed by atoms with van der Waals surface area (Å²) in [4.78, 5) is 0. The van der Waals surface area contributed by atoms with Gasteiger partial charge >= 0.3 is 0 Å². The molecule has 0 unspecified atom stereocenters. The Morgan fingerprint density at radius 3 is 1.53 bits per heavy atom. The number of rotatable bonds is 14.